The Morgan fingerprint density at radius 2 is 1.96 bits per heavy atom. The van der Waals surface area contributed by atoms with Gasteiger partial charge < -0.3 is 14.6 Å². The van der Waals surface area contributed by atoms with Gasteiger partial charge in [0.25, 0.3) is 5.91 Å². The minimum absolute atomic E-state index is 0.270. The number of carbonyl (C=O) groups is 2. The topological polar surface area (TPSA) is 81.4 Å². The molecule has 0 aliphatic heterocycles. The number of carbonyl (C=O) groups excluding carboxylic acids is 2. The number of hydrogen-bond acceptors (Lipinski definition) is 6. The van der Waals surface area contributed by atoms with Gasteiger partial charge in [0.15, 0.2) is 5.82 Å². The average molecular weight is 356 g/mol. The third kappa shape index (κ3) is 3.95. The third-order valence-electron chi connectivity index (χ3n) is 3.49. The Morgan fingerprint density at radius 3 is 2.56 bits per heavy atom. The number of nitrogens with zero attached hydrogens (tertiary/aromatic N) is 1. The molecular weight excluding hydrogens is 340 g/mol. The van der Waals surface area contributed by atoms with Gasteiger partial charge in [0.1, 0.15) is 10.6 Å². The van der Waals surface area contributed by atoms with Crippen molar-refractivity contribution in [3.8, 4) is 0 Å². The molecule has 0 unspecified atom stereocenters. The summed E-state index contributed by atoms with van der Waals surface area (Å²) in [5, 5.41) is 8.15. The van der Waals surface area contributed by atoms with E-state index in [1.54, 1.807) is 37.3 Å². The average Bonchev–Trinajstić information content (AvgIpc) is 3.21. The van der Waals surface area contributed by atoms with E-state index in [1.165, 1.54) is 11.3 Å². The highest BCUT2D eigenvalue weighted by atomic mass is 32.1. The molecule has 3 rings (SSSR count). The Morgan fingerprint density at radius 1 is 1.20 bits per heavy atom. The number of thiophene rings is 1. The Hall–Kier alpha value is -2.93. The number of nitrogens with one attached hydrogen (secondary N) is 1. The van der Waals surface area contributed by atoms with Crippen molar-refractivity contribution in [2.75, 3.05) is 5.32 Å². The fourth-order valence-corrected chi connectivity index (χ4v) is 3.07. The van der Waals surface area contributed by atoms with E-state index in [4.69, 9.17) is 9.26 Å². The first-order chi connectivity index (χ1) is 12.0. The SMILES string of the molecule is Cc1cc(NC(=O)[C@@H](OC(=O)c2sccc2C)c2ccccc2)no1. The van der Waals surface area contributed by atoms with Crippen molar-refractivity contribution in [1.29, 1.82) is 0 Å². The van der Waals surface area contributed by atoms with E-state index in [-0.39, 0.29) is 5.82 Å². The zero-order chi connectivity index (χ0) is 17.8. The van der Waals surface area contributed by atoms with Crippen LogP contribution in [0.25, 0.3) is 0 Å². The van der Waals surface area contributed by atoms with Crippen molar-refractivity contribution in [3.63, 3.8) is 0 Å². The van der Waals surface area contributed by atoms with Crippen molar-refractivity contribution in [2.45, 2.75) is 20.0 Å². The minimum Gasteiger partial charge on any atom is -0.443 e. The molecule has 0 radical (unpaired) electrons. The van der Waals surface area contributed by atoms with Gasteiger partial charge in [0.2, 0.25) is 6.10 Å². The van der Waals surface area contributed by atoms with Gasteiger partial charge in [-0.1, -0.05) is 35.5 Å². The summed E-state index contributed by atoms with van der Waals surface area (Å²) in [5.41, 5.74) is 1.39. The van der Waals surface area contributed by atoms with E-state index < -0.39 is 18.0 Å². The first-order valence-electron chi connectivity index (χ1n) is 7.59. The number of benzene rings is 1. The van der Waals surface area contributed by atoms with E-state index in [2.05, 4.69) is 10.5 Å². The highest BCUT2D eigenvalue weighted by molar-refractivity contribution is 7.12. The molecular formula is C18H16N2O4S. The number of amides is 1. The molecule has 7 heteroatoms. The maximum atomic E-state index is 12.6. The van der Waals surface area contributed by atoms with Crippen LogP contribution in [0.2, 0.25) is 0 Å². The lowest BCUT2D eigenvalue weighted by Crippen LogP contribution is -2.26. The zero-order valence-corrected chi connectivity index (χ0v) is 14.5. The van der Waals surface area contributed by atoms with Gasteiger partial charge in [-0.2, -0.15) is 0 Å². The quantitative estimate of drug-likeness (QED) is 0.702. The van der Waals surface area contributed by atoms with E-state index in [0.717, 1.165) is 5.56 Å². The lowest BCUT2D eigenvalue weighted by Gasteiger charge is -2.17. The Bertz CT molecular complexity index is 885. The second-order valence-electron chi connectivity index (χ2n) is 5.44. The van der Waals surface area contributed by atoms with Crippen molar-refractivity contribution >= 4 is 29.0 Å². The fourth-order valence-electron chi connectivity index (χ4n) is 2.26. The van der Waals surface area contributed by atoms with Crippen LogP contribution in [-0.2, 0) is 9.53 Å². The second-order valence-corrected chi connectivity index (χ2v) is 6.36. The lowest BCUT2D eigenvalue weighted by molar-refractivity contribution is -0.125. The molecule has 1 amide bonds. The molecule has 128 valence electrons. The molecule has 1 atom stereocenters. The fraction of sp³-hybridized carbons (Fsp3) is 0.167. The van der Waals surface area contributed by atoms with Crippen LogP contribution in [0.5, 0.6) is 0 Å². The molecule has 0 saturated heterocycles. The summed E-state index contributed by atoms with van der Waals surface area (Å²) >= 11 is 1.28. The highest BCUT2D eigenvalue weighted by Gasteiger charge is 2.27. The van der Waals surface area contributed by atoms with Crippen LogP contribution >= 0.6 is 11.3 Å². The van der Waals surface area contributed by atoms with E-state index in [1.807, 2.05) is 24.4 Å². The summed E-state index contributed by atoms with van der Waals surface area (Å²) in [4.78, 5) is 25.6. The number of ether oxygens (including phenoxy) is 1. The standard InChI is InChI=1S/C18H16N2O4S/c1-11-8-9-25-16(11)18(22)23-15(13-6-4-3-5-7-13)17(21)19-14-10-12(2)24-20-14/h3-10,15H,1-2H3,(H,19,20,21)/t15-/m0/s1. The van der Waals surface area contributed by atoms with Crippen molar-refractivity contribution in [2.24, 2.45) is 0 Å². The molecule has 2 heterocycles. The van der Waals surface area contributed by atoms with Gasteiger partial charge in [-0.3, -0.25) is 4.79 Å². The van der Waals surface area contributed by atoms with Crippen LogP contribution in [0.1, 0.15) is 32.7 Å². The number of aryl methyl sites for hydroxylation is 2. The molecule has 1 aromatic carbocycles. The van der Waals surface area contributed by atoms with Gasteiger partial charge in [-0.05, 0) is 30.9 Å². The number of hydrogen-bond donors (Lipinski definition) is 1. The minimum atomic E-state index is -1.09. The predicted molar refractivity (Wildman–Crippen MR) is 93.5 cm³/mol. The molecule has 3 aromatic rings. The van der Waals surface area contributed by atoms with Crippen molar-refractivity contribution in [1.82, 2.24) is 5.16 Å². The molecule has 1 N–H and O–H groups in total. The first-order valence-corrected chi connectivity index (χ1v) is 8.47. The Balaban J connectivity index is 1.83. The summed E-state index contributed by atoms with van der Waals surface area (Å²) in [6.07, 6.45) is -1.09. The normalized spacial score (nSPS) is 11.8. The van der Waals surface area contributed by atoms with E-state index >= 15 is 0 Å². The predicted octanol–water partition coefficient (Wildman–Crippen LogP) is 3.89. The summed E-state index contributed by atoms with van der Waals surface area (Å²) in [6, 6.07) is 12.3. The first kappa shape index (κ1) is 16.9. The monoisotopic (exact) mass is 356 g/mol. The van der Waals surface area contributed by atoms with Gasteiger partial charge in [-0.15, -0.1) is 11.3 Å². The van der Waals surface area contributed by atoms with Crippen LogP contribution in [0.3, 0.4) is 0 Å². The molecule has 6 nitrogen and oxygen atoms in total. The van der Waals surface area contributed by atoms with Crippen LogP contribution in [0.4, 0.5) is 5.82 Å². The van der Waals surface area contributed by atoms with E-state index in [0.29, 0.717) is 16.2 Å². The Labute approximate surface area is 148 Å². The lowest BCUT2D eigenvalue weighted by atomic mass is 10.1. The largest absolute Gasteiger partial charge is 0.443 e. The highest BCUT2D eigenvalue weighted by Crippen LogP contribution is 2.24. The molecule has 0 bridgehead atoms. The van der Waals surface area contributed by atoms with Gasteiger partial charge in [0.05, 0.1) is 0 Å². The second kappa shape index (κ2) is 7.31. The maximum absolute atomic E-state index is 12.6. The summed E-state index contributed by atoms with van der Waals surface area (Å²) < 4.78 is 10.4. The Kier molecular flexibility index (Phi) is 4.95. The van der Waals surface area contributed by atoms with Crippen LogP contribution < -0.4 is 5.32 Å². The maximum Gasteiger partial charge on any atom is 0.349 e. The van der Waals surface area contributed by atoms with Gasteiger partial charge in [-0.25, -0.2) is 4.79 Å². The number of anilines is 1. The van der Waals surface area contributed by atoms with Gasteiger partial charge >= 0.3 is 5.97 Å². The summed E-state index contributed by atoms with van der Waals surface area (Å²) in [7, 11) is 0. The number of rotatable bonds is 5. The van der Waals surface area contributed by atoms with Crippen LogP contribution in [0, 0.1) is 13.8 Å². The van der Waals surface area contributed by atoms with Crippen LogP contribution in [-0.4, -0.2) is 17.0 Å². The molecule has 0 aliphatic carbocycles. The third-order valence-corrected chi connectivity index (χ3v) is 4.49. The molecule has 0 saturated carbocycles. The van der Waals surface area contributed by atoms with E-state index in [9.17, 15) is 9.59 Å². The summed E-state index contributed by atoms with van der Waals surface area (Å²) in [6.45, 7) is 3.54. The smallest absolute Gasteiger partial charge is 0.349 e. The molecule has 2 aromatic heterocycles. The molecule has 25 heavy (non-hydrogen) atoms. The molecule has 0 aliphatic rings. The molecule has 0 spiro atoms. The molecule has 0 fully saturated rings. The number of aromatic nitrogens is 1. The van der Waals surface area contributed by atoms with Crippen molar-refractivity contribution in [3.05, 3.63) is 69.6 Å². The van der Waals surface area contributed by atoms with Gasteiger partial charge in [0, 0.05) is 11.6 Å². The number of esters is 1. The van der Waals surface area contributed by atoms with Crippen molar-refractivity contribution < 1.29 is 18.8 Å². The van der Waals surface area contributed by atoms with Crippen LogP contribution in [0.15, 0.2) is 52.4 Å². The summed E-state index contributed by atoms with van der Waals surface area (Å²) in [5.74, 6) is -0.195. The zero-order valence-electron chi connectivity index (χ0n) is 13.7.